The van der Waals surface area contributed by atoms with Crippen molar-refractivity contribution in [3.63, 3.8) is 0 Å². The van der Waals surface area contributed by atoms with E-state index < -0.39 is 5.56 Å². The van der Waals surface area contributed by atoms with Gasteiger partial charge in [-0.3, -0.25) is 4.79 Å². The standard InChI is InChI=1S/C18H13Cl2NO2/c19-15-5-1-12(2-6-15)10-21-11-14(9-17(22)18(21)23)13-3-7-16(20)8-4-13/h1-9,11,22H,10H2. The van der Waals surface area contributed by atoms with E-state index in [4.69, 9.17) is 23.2 Å². The molecule has 0 aliphatic rings. The van der Waals surface area contributed by atoms with Crippen molar-refractivity contribution in [3.8, 4) is 16.9 Å². The highest BCUT2D eigenvalue weighted by Gasteiger charge is 2.08. The molecule has 23 heavy (non-hydrogen) atoms. The van der Waals surface area contributed by atoms with E-state index >= 15 is 0 Å². The third kappa shape index (κ3) is 3.58. The van der Waals surface area contributed by atoms with Crippen LogP contribution < -0.4 is 5.56 Å². The summed E-state index contributed by atoms with van der Waals surface area (Å²) in [5.74, 6) is -0.286. The summed E-state index contributed by atoms with van der Waals surface area (Å²) in [6.45, 7) is 0.352. The summed E-state index contributed by atoms with van der Waals surface area (Å²) in [4.78, 5) is 12.1. The van der Waals surface area contributed by atoms with Crippen LogP contribution in [0.25, 0.3) is 11.1 Å². The molecule has 3 nitrogen and oxygen atoms in total. The molecule has 5 heteroatoms. The monoisotopic (exact) mass is 345 g/mol. The molecule has 0 bridgehead atoms. The van der Waals surface area contributed by atoms with Gasteiger partial charge in [-0.15, -0.1) is 0 Å². The van der Waals surface area contributed by atoms with Gasteiger partial charge in [0.05, 0.1) is 6.54 Å². The Morgan fingerprint density at radius 1 is 0.870 bits per heavy atom. The first kappa shape index (κ1) is 15.7. The molecule has 0 fully saturated rings. The number of rotatable bonds is 3. The van der Waals surface area contributed by atoms with Crippen LogP contribution in [-0.4, -0.2) is 9.67 Å². The fourth-order valence-corrected chi connectivity index (χ4v) is 2.58. The Morgan fingerprint density at radius 2 is 1.43 bits per heavy atom. The number of hydrogen-bond acceptors (Lipinski definition) is 2. The molecule has 0 spiro atoms. The van der Waals surface area contributed by atoms with Crippen LogP contribution in [0.4, 0.5) is 0 Å². The average Bonchev–Trinajstić information content (AvgIpc) is 2.54. The number of halogens is 2. The Labute approximate surface area is 143 Å². The predicted octanol–water partition coefficient (Wildman–Crippen LogP) is 4.58. The van der Waals surface area contributed by atoms with E-state index in [1.54, 1.807) is 30.5 Å². The van der Waals surface area contributed by atoms with Crippen molar-refractivity contribution in [2.75, 3.05) is 0 Å². The normalized spacial score (nSPS) is 10.7. The molecule has 1 N–H and O–H groups in total. The molecule has 0 amide bonds. The second kappa shape index (κ2) is 6.49. The van der Waals surface area contributed by atoms with Crippen molar-refractivity contribution < 1.29 is 5.11 Å². The molecular weight excluding hydrogens is 333 g/mol. The molecule has 116 valence electrons. The molecule has 1 aromatic heterocycles. The van der Waals surface area contributed by atoms with E-state index in [1.165, 1.54) is 10.6 Å². The van der Waals surface area contributed by atoms with Crippen LogP contribution in [0, 0.1) is 0 Å². The van der Waals surface area contributed by atoms with Crippen LogP contribution >= 0.6 is 23.2 Å². The number of aromatic nitrogens is 1. The highest BCUT2D eigenvalue weighted by molar-refractivity contribution is 6.30. The Bertz CT molecular complexity index is 884. The van der Waals surface area contributed by atoms with Crippen molar-refractivity contribution >= 4 is 23.2 Å². The van der Waals surface area contributed by atoms with Gasteiger partial charge < -0.3 is 9.67 Å². The van der Waals surface area contributed by atoms with E-state index in [0.29, 0.717) is 16.6 Å². The largest absolute Gasteiger partial charge is 0.503 e. The quantitative estimate of drug-likeness (QED) is 0.755. The zero-order chi connectivity index (χ0) is 16.4. The molecule has 1 heterocycles. The molecule has 0 unspecified atom stereocenters. The maximum Gasteiger partial charge on any atom is 0.292 e. The van der Waals surface area contributed by atoms with Crippen LogP contribution in [0.3, 0.4) is 0 Å². The van der Waals surface area contributed by atoms with Crippen LogP contribution in [0.2, 0.25) is 10.0 Å². The molecule has 0 saturated heterocycles. The van der Waals surface area contributed by atoms with Gasteiger partial charge in [0.25, 0.3) is 5.56 Å². The summed E-state index contributed by atoms with van der Waals surface area (Å²) in [5, 5.41) is 11.2. The van der Waals surface area contributed by atoms with E-state index in [1.807, 2.05) is 24.3 Å². The fraction of sp³-hybridized carbons (Fsp3) is 0.0556. The Kier molecular flexibility index (Phi) is 4.42. The number of nitrogens with zero attached hydrogens (tertiary/aromatic N) is 1. The van der Waals surface area contributed by atoms with Crippen LogP contribution in [0.15, 0.2) is 65.6 Å². The number of pyridine rings is 1. The van der Waals surface area contributed by atoms with Crippen molar-refractivity contribution in [2.24, 2.45) is 0 Å². The molecule has 0 radical (unpaired) electrons. The summed E-state index contributed by atoms with van der Waals surface area (Å²) in [5.41, 5.74) is 2.10. The van der Waals surface area contributed by atoms with Gasteiger partial charge >= 0.3 is 0 Å². The number of aromatic hydroxyl groups is 1. The molecule has 3 rings (SSSR count). The van der Waals surface area contributed by atoms with Gasteiger partial charge in [0.15, 0.2) is 5.75 Å². The van der Waals surface area contributed by atoms with Gasteiger partial charge in [-0.2, -0.15) is 0 Å². The third-order valence-electron chi connectivity index (χ3n) is 3.51. The molecule has 3 aromatic rings. The highest BCUT2D eigenvalue weighted by atomic mass is 35.5. The first-order chi connectivity index (χ1) is 11.0. The van der Waals surface area contributed by atoms with Crippen LogP contribution in [0.1, 0.15) is 5.56 Å². The van der Waals surface area contributed by atoms with Crippen molar-refractivity contribution in [1.29, 1.82) is 0 Å². The lowest BCUT2D eigenvalue weighted by atomic mass is 10.1. The molecular formula is C18H13Cl2NO2. The summed E-state index contributed by atoms with van der Waals surface area (Å²) >= 11 is 11.8. The zero-order valence-corrected chi connectivity index (χ0v) is 13.6. The van der Waals surface area contributed by atoms with Gasteiger partial charge in [0.2, 0.25) is 0 Å². The second-order valence-electron chi connectivity index (χ2n) is 5.18. The minimum atomic E-state index is -0.433. The summed E-state index contributed by atoms with van der Waals surface area (Å²) in [7, 11) is 0. The maximum absolute atomic E-state index is 12.1. The summed E-state index contributed by atoms with van der Waals surface area (Å²) < 4.78 is 1.47. The molecule has 0 saturated carbocycles. The lowest BCUT2D eigenvalue weighted by molar-refractivity contribution is 0.459. The van der Waals surface area contributed by atoms with Gasteiger partial charge in [0, 0.05) is 21.8 Å². The SMILES string of the molecule is O=c1c(O)cc(-c2ccc(Cl)cc2)cn1Cc1ccc(Cl)cc1. The van der Waals surface area contributed by atoms with E-state index in [0.717, 1.165) is 16.7 Å². The van der Waals surface area contributed by atoms with Crippen molar-refractivity contribution in [2.45, 2.75) is 6.54 Å². The second-order valence-corrected chi connectivity index (χ2v) is 6.05. The predicted molar refractivity (Wildman–Crippen MR) is 93.4 cm³/mol. The number of benzene rings is 2. The first-order valence-electron chi connectivity index (χ1n) is 6.97. The first-order valence-corrected chi connectivity index (χ1v) is 7.72. The lowest BCUT2D eigenvalue weighted by Gasteiger charge is -2.10. The van der Waals surface area contributed by atoms with Crippen molar-refractivity contribution in [1.82, 2.24) is 4.57 Å². The smallest absolute Gasteiger partial charge is 0.292 e. The third-order valence-corrected chi connectivity index (χ3v) is 4.01. The highest BCUT2D eigenvalue weighted by Crippen LogP contribution is 2.23. The summed E-state index contributed by atoms with van der Waals surface area (Å²) in [6, 6.07) is 15.9. The van der Waals surface area contributed by atoms with Crippen LogP contribution in [-0.2, 0) is 6.54 Å². The minimum Gasteiger partial charge on any atom is -0.503 e. The number of hydrogen-bond donors (Lipinski definition) is 1. The topological polar surface area (TPSA) is 42.2 Å². The van der Waals surface area contributed by atoms with Crippen molar-refractivity contribution in [3.05, 3.63) is 86.8 Å². The Balaban J connectivity index is 2.01. The molecule has 0 aliphatic heterocycles. The molecule has 0 aliphatic carbocycles. The fourth-order valence-electron chi connectivity index (χ4n) is 2.32. The Hall–Kier alpha value is -2.23. The average molecular weight is 346 g/mol. The van der Waals surface area contributed by atoms with Gasteiger partial charge in [-0.1, -0.05) is 47.5 Å². The molecule has 0 atom stereocenters. The van der Waals surface area contributed by atoms with Gasteiger partial charge in [0.1, 0.15) is 0 Å². The van der Waals surface area contributed by atoms with E-state index in [-0.39, 0.29) is 5.75 Å². The summed E-state index contributed by atoms with van der Waals surface area (Å²) in [6.07, 6.45) is 1.72. The van der Waals surface area contributed by atoms with E-state index in [2.05, 4.69) is 0 Å². The van der Waals surface area contributed by atoms with Gasteiger partial charge in [-0.25, -0.2) is 0 Å². The zero-order valence-electron chi connectivity index (χ0n) is 12.0. The molecule has 2 aromatic carbocycles. The maximum atomic E-state index is 12.1. The van der Waals surface area contributed by atoms with Crippen LogP contribution in [0.5, 0.6) is 5.75 Å². The lowest BCUT2D eigenvalue weighted by Crippen LogP contribution is -2.19. The van der Waals surface area contributed by atoms with Gasteiger partial charge in [-0.05, 0) is 41.5 Å². The Morgan fingerprint density at radius 3 is 2.04 bits per heavy atom. The van der Waals surface area contributed by atoms with E-state index in [9.17, 15) is 9.90 Å². The minimum absolute atomic E-state index is 0.286.